The van der Waals surface area contributed by atoms with Crippen molar-refractivity contribution in [2.24, 2.45) is 5.92 Å². The van der Waals surface area contributed by atoms with E-state index >= 15 is 0 Å². The summed E-state index contributed by atoms with van der Waals surface area (Å²) < 4.78 is 13.9. The van der Waals surface area contributed by atoms with Crippen molar-refractivity contribution in [3.8, 4) is 0 Å². The minimum atomic E-state index is -0.924. The van der Waals surface area contributed by atoms with Crippen molar-refractivity contribution < 1.29 is 19.1 Å². The van der Waals surface area contributed by atoms with Gasteiger partial charge in [0.25, 0.3) is 0 Å². The number of carbonyl (C=O) groups is 2. The summed E-state index contributed by atoms with van der Waals surface area (Å²) in [6.45, 7) is 1.90. The maximum Gasteiger partial charge on any atom is 0.319 e. The molecule has 0 heterocycles. The van der Waals surface area contributed by atoms with E-state index in [2.05, 4.69) is 26.6 Å². The Hall–Kier alpha value is -1.63. The van der Waals surface area contributed by atoms with Gasteiger partial charge in [-0.1, -0.05) is 13.0 Å². The molecule has 0 saturated carbocycles. The van der Waals surface area contributed by atoms with E-state index in [1.165, 1.54) is 12.1 Å². The number of benzene rings is 1. The third-order valence-corrected chi connectivity index (χ3v) is 3.00. The van der Waals surface area contributed by atoms with Crippen molar-refractivity contribution in [3.05, 3.63) is 28.5 Å². The standard InChI is InChI=1S/C12H14BrFN2O3/c1-7(5-10(17)18)6-15-12(19)16-11-8(13)3-2-4-9(11)14/h2-4,7H,5-6H2,1H3,(H,17,18)(H2,15,16,19). The van der Waals surface area contributed by atoms with Crippen LogP contribution in [0.3, 0.4) is 0 Å². The molecule has 0 radical (unpaired) electrons. The summed E-state index contributed by atoms with van der Waals surface area (Å²) in [4.78, 5) is 22.0. The van der Waals surface area contributed by atoms with Crippen molar-refractivity contribution >= 4 is 33.6 Å². The van der Waals surface area contributed by atoms with Gasteiger partial charge in [0, 0.05) is 17.4 Å². The minimum Gasteiger partial charge on any atom is -0.481 e. The third-order valence-electron chi connectivity index (χ3n) is 2.34. The van der Waals surface area contributed by atoms with Crippen LogP contribution < -0.4 is 10.6 Å². The molecule has 1 aromatic rings. The number of anilines is 1. The van der Waals surface area contributed by atoms with Gasteiger partial charge in [-0.05, 0) is 34.0 Å². The first-order valence-corrected chi connectivity index (χ1v) is 6.40. The number of carbonyl (C=O) groups excluding carboxylic acids is 1. The highest BCUT2D eigenvalue weighted by Gasteiger charge is 2.12. The van der Waals surface area contributed by atoms with Crippen LogP contribution in [0.4, 0.5) is 14.9 Å². The van der Waals surface area contributed by atoms with E-state index in [1.807, 2.05) is 0 Å². The second kappa shape index (κ2) is 7.08. The molecule has 0 aliphatic carbocycles. The molecule has 2 amide bonds. The Morgan fingerprint density at radius 2 is 2.16 bits per heavy atom. The molecule has 0 bridgehead atoms. The lowest BCUT2D eigenvalue weighted by molar-refractivity contribution is -0.137. The Kier molecular flexibility index (Phi) is 5.75. The SMILES string of the molecule is CC(CNC(=O)Nc1c(F)cccc1Br)CC(=O)O. The van der Waals surface area contributed by atoms with E-state index in [-0.39, 0.29) is 24.6 Å². The predicted molar refractivity (Wildman–Crippen MR) is 72.5 cm³/mol. The van der Waals surface area contributed by atoms with Crippen LogP contribution in [0.15, 0.2) is 22.7 Å². The summed E-state index contributed by atoms with van der Waals surface area (Å²) in [7, 11) is 0. The molecule has 0 saturated heterocycles. The summed E-state index contributed by atoms with van der Waals surface area (Å²) in [6, 6.07) is 3.76. The molecule has 1 rings (SSSR count). The van der Waals surface area contributed by atoms with E-state index in [9.17, 15) is 14.0 Å². The van der Waals surface area contributed by atoms with E-state index < -0.39 is 17.8 Å². The minimum absolute atomic E-state index is 0.0380. The highest BCUT2D eigenvalue weighted by atomic mass is 79.9. The lowest BCUT2D eigenvalue weighted by Gasteiger charge is -2.12. The number of rotatable bonds is 5. The number of hydrogen-bond donors (Lipinski definition) is 3. The van der Waals surface area contributed by atoms with Crippen LogP contribution in [0, 0.1) is 11.7 Å². The molecule has 3 N–H and O–H groups in total. The van der Waals surface area contributed by atoms with Crippen LogP contribution in [0.5, 0.6) is 0 Å². The van der Waals surface area contributed by atoms with Gasteiger partial charge in [0.2, 0.25) is 0 Å². The van der Waals surface area contributed by atoms with Crippen molar-refractivity contribution in [1.82, 2.24) is 5.32 Å². The highest BCUT2D eigenvalue weighted by molar-refractivity contribution is 9.10. The summed E-state index contributed by atoms with van der Waals surface area (Å²) in [5.41, 5.74) is 0.0471. The summed E-state index contributed by atoms with van der Waals surface area (Å²) in [6.07, 6.45) is -0.0380. The van der Waals surface area contributed by atoms with Crippen molar-refractivity contribution in [1.29, 1.82) is 0 Å². The quantitative estimate of drug-likeness (QED) is 0.775. The van der Waals surface area contributed by atoms with Gasteiger partial charge < -0.3 is 15.7 Å². The monoisotopic (exact) mass is 332 g/mol. The fourth-order valence-electron chi connectivity index (χ4n) is 1.41. The van der Waals surface area contributed by atoms with Gasteiger partial charge >= 0.3 is 12.0 Å². The number of nitrogens with one attached hydrogen (secondary N) is 2. The van der Waals surface area contributed by atoms with Gasteiger partial charge in [-0.3, -0.25) is 4.79 Å². The molecule has 0 fully saturated rings. The van der Waals surface area contributed by atoms with Crippen LogP contribution in [-0.2, 0) is 4.79 Å². The normalized spacial score (nSPS) is 11.7. The summed E-state index contributed by atoms with van der Waals surface area (Å²) >= 11 is 3.13. The molecule has 0 aliphatic rings. The molecule has 19 heavy (non-hydrogen) atoms. The summed E-state index contributed by atoms with van der Waals surface area (Å²) in [5, 5.41) is 13.4. The van der Waals surface area contributed by atoms with Crippen molar-refractivity contribution in [3.63, 3.8) is 0 Å². The third kappa shape index (κ3) is 5.25. The molecular formula is C12H14BrFN2O3. The van der Waals surface area contributed by atoms with Crippen LogP contribution >= 0.6 is 15.9 Å². The smallest absolute Gasteiger partial charge is 0.319 e. The van der Waals surface area contributed by atoms with Crippen molar-refractivity contribution in [2.75, 3.05) is 11.9 Å². The first kappa shape index (κ1) is 15.4. The number of hydrogen-bond acceptors (Lipinski definition) is 2. The van der Waals surface area contributed by atoms with Crippen LogP contribution in [0.2, 0.25) is 0 Å². The van der Waals surface area contributed by atoms with Gasteiger partial charge in [0.1, 0.15) is 5.82 Å². The lowest BCUT2D eigenvalue weighted by atomic mass is 10.1. The Balaban J connectivity index is 2.50. The van der Waals surface area contributed by atoms with E-state index in [0.717, 1.165) is 0 Å². The van der Waals surface area contributed by atoms with Crippen molar-refractivity contribution in [2.45, 2.75) is 13.3 Å². The van der Waals surface area contributed by atoms with Gasteiger partial charge in [0.05, 0.1) is 5.69 Å². The number of para-hydroxylation sites is 1. The average molecular weight is 333 g/mol. The molecular weight excluding hydrogens is 319 g/mol. The number of urea groups is 1. The van der Waals surface area contributed by atoms with E-state index in [1.54, 1.807) is 13.0 Å². The van der Waals surface area contributed by atoms with Gasteiger partial charge in [-0.15, -0.1) is 0 Å². The fraction of sp³-hybridized carbons (Fsp3) is 0.333. The zero-order valence-electron chi connectivity index (χ0n) is 10.2. The molecule has 5 nitrogen and oxygen atoms in total. The maximum atomic E-state index is 13.4. The Labute approximate surface area is 118 Å². The largest absolute Gasteiger partial charge is 0.481 e. The van der Waals surface area contributed by atoms with Gasteiger partial charge in [0.15, 0.2) is 0 Å². The van der Waals surface area contributed by atoms with E-state index in [4.69, 9.17) is 5.11 Å². The van der Waals surface area contributed by atoms with Gasteiger partial charge in [-0.2, -0.15) is 0 Å². The second-order valence-corrected chi connectivity index (χ2v) is 4.99. The molecule has 1 atom stereocenters. The molecule has 104 valence electrons. The average Bonchev–Trinajstić information content (AvgIpc) is 2.30. The lowest BCUT2D eigenvalue weighted by Crippen LogP contribution is -2.33. The first-order valence-electron chi connectivity index (χ1n) is 5.60. The fourth-order valence-corrected chi connectivity index (χ4v) is 1.85. The molecule has 1 unspecified atom stereocenters. The highest BCUT2D eigenvalue weighted by Crippen LogP contribution is 2.24. The molecule has 0 spiro atoms. The predicted octanol–water partition coefficient (Wildman–Crippen LogP) is 2.82. The molecule has 0 aromatic heterocycles. The number of carboxylic acids is 1. The number of amides is 2. The van der Waals surface area contributed by atoms with Crippen LogP contribution in [0.25, 0.3) is 0 Å². The second-order valence-electron chi connectivity index (χ2n) is 4.13. The maximum absolute atomic E-state index is 13.4. The molecule has 7 heteroatoms. The van der Waals surface area contributed by atoms with E-state index in [0.29, 0.717) is 4.47 Å². The first-order chi connectivity index (χ1) is 8.90. The number of halogens is 2. The zero-order chi connectivity index (χ0) is 14.4. The topological polar surface area (TPSA) is 78.4 Å². The Morgan fingerprint density at radius 1 is 1.47 bits per heavy atom. The number of aliphatic carboxylic acids is 1. The zero-order valence-corrected chi connectivity index (χ0v) is 11.8. The molecule has 1 aromatic carbocycles. The van der Waals surface area contributed by atoms with Gasteiger partial charge in [-0.25, -0.2) is 9.18 Å². The summed E-state index contributed by atoms with van der Waals surface area (Å²) in [5.74, 6) is -1.68. The van der Waals surface area contributed by atoms with Crippen LogP contribution in [0.1, 0.15) is 13.3 Å². The Morgan fingerprint density at radius 3 is 2.74 bits per heavy atom. The Bertz CT molecular complexity index is 462. The van der Waals surface area contributed by atoms with Crippen LogP contribution in [-0.4, -0.2) is 23.7 Å². The molecule has 0 aliphatic heterocycles. The number of carboxylic acid groups (broad SMARTS) is 1.